The summed E-state index contributed by atoms with van der Waals surface area (Å²) in [6.07, 6.45) is 0. The Morgan fingerprint density at radius 3 is 2.39 bits per heavy atom. The fourth-order valence-corrected chi connectivity index (χ4v) is 2.10. The maximum atomic E-state index is 11.9. The fourth-order valence-electron chi connectivity index (χ4n) is 1.97. The first-order chi connectivity index (χ1) is 11.1. The maximum absolute atomic E-state index is 11.9. The average molecular weight is 331 g/mol. The van der Waals surface area contributed by atoms with E-state index < -0.39 is 0 Å². The van der Waals surface area contributed by atoms with Crippen molar-refractivity contribution in [1.29, 1.82) is 0 Å². The van der Waals surface area contributed by atoms with Crippen molar-refractivity contribution in [3.05, 3.63) is 65.2 Å². The van der Waals surface area contributed by atoms with Gasteiger partial charge in [-0.15, -0.1) is 0 Å². The molecule has 1 N–H and O–H groups in total. The number of ether oxygens (including phenoxy) is 1. The van der Waals surface area contributed by atoms with E-state index in [1.54, 1.807) is 24.3 Å². The van der Waals surface area contributed by atoms with Crippen LogP contribution in [0.15, 0.2) is 59.7 Å². The van der Waals surface area contributed by atoms with E-state index in [2.05, 4.69) is 10.5 Å². The molecule has 2 aromatic carbocycles. The molecule has 0 heterocycles. The highest BCUT2D eigenvalue weighted by Crippen LogP contribution is 2.15. The van der Waals surface area contributed by atoms with Gasteiger partial charge < -0.3 is 4.74 Å². The minimum Gasteiger partial charge on any atom is -0.484 e. The molecule has 0 aliphatic carbocycles. The molecular weight excluding hydrogens is 312 g/mol. The lowest BCUT2D eigenvalue weighted by molar-refractivity contribution is -0.123. The lowest BCUT2D eigenvalue weighted by Crippen LogP contribution is -2.27. The molecule has 5 heteroatoms. The van der Waals surface area contributed by atoms with Crippen molar-refractivity contribution in [2.45, 2.75) is 13.8 Å². The molecule has 0 fully saturated rings. The summed E-state index contributed by atoms with van der Waals surface area (Å²) in [6, 6.07) is 16.6. The van der Waals surface area contributed by atoms with E-state index >= 15 is 0 Å². The van der Waals surface area contributed by atoms with Crippen LogP contribution in [0.25, 0.3) is 0 Å². The summed E-state index contributed by atoms with van der Waals surface area (Å²) >= 11 is 5.79. The monoisotopic (exact) mass is 330 g/mol. The van der Waals surface area contributed by atoms with Crippen LogP contribution < -0.4 is 10.2 Å². The maximum Gasteiger partial charge on any atom is 0.277 e. The standard InChI is InChI=1S/C18H19ClN2O2/c1-13(2)18(14-6-4-3-5-7-14)21-20-17(22)12-23-16-10-8-15(19)9-11-16/h3-11,13H,12H2,1-2H3,(H,20,22)/b21-18-. The highest BCUT2D eigenvalue weighted by Gasteiger charge is 2.09. The number of carbonyl (C=O) groups is 1. The molecule has 0 bridgehead atoms. The van der Waals surface area contributed by atoms with E-state index in [9.17, 15) is 4.79 Å². The summed E-state index contributed by atoms with van der Waals surface area (Å²) in [7, 11) is 0. The zero-order valence-electron chi connectivity index (χ0n) is 13.1. The second kappa shape index (κ2) is 8.34. The first-order valence-corrected chi connectivity index (χ1v) is 7.74. The van der Waals surface area contributed by atoms with Gasteiger partial charge >= 0.3 is 0 Å². The summed E-state index contributed by atoms with van der Waals surface area (Å²) in [5, 5.41) is 4.86. The van der Waals surface area contributed by atoms with Crippen LogP contribution in [0.1, 0.15) is 19.4 Å². The summed E-state index contributed by atoms with van der Waals surface area (Å²) in [4.78, 5) is 11.9. The molecule has 1 amide bonds. The summed E-state index contributed by atoms with van der Waals surface area (Å²) < 4.78 is 5.38. The SMILES string of the molecule is CC(C)/C(=N/NC(=O)COc1ccc(Cl)cc1)c1ccccc1. The molecule has 0 radical (unpaired) electrons. The number of amides is 1. The van der Waals surface area contributed by atoms with Crippen LogP contribution >= 0.6 is 11.6 Å². The van der Waals surface area contributed by atoms with E-state index in [-0.39, 0.29) is 18.4 Å². The molecule has 2 rings (SSSR count). The van der Waals surface area contributed by atoms with Gasteiger partial charge in [0.05, 0.1) is 5.71 Å². The van der Waals surface area contributed by atoms with Crippen molar-refractivity contribution in [2.24, 2.45) is 11.0 Å². The number of nitrogens with one attached hydrogen (secondary N) is 1. The number of halogens is 1. The molecule has 2 aromatic rings. The van der Waals surface area contributed by atoms with Gasteiger partial charge in [-0.3, -0.25) is 4.79 Å². The van der Waals surface area contributed by atoms with Crippen LogP contribution in [0.2, 0.25) is 5.02 Å². The Hall–Kier alpha value is -2.33. The Morgan fingerprint density at radius 2 is 1.78 bits per heavy atom. The third kappa shape index (κ3) is 5.42. The first-order valence-electron chi connectivity index (χ1n) is 7.36. The lowest BCUT2D eigenvalue weighted by atomic mass is 10.0. The van der Waals surface area contributed by atoms with Gasteiger partial charge in [-0.05, 0) is 35.7 Å². The average Bonchev–Trinajstić information content (AvgIpc) is 2.55. The molecule has 0 saturated heterocycles. The number of hydrogen-bond donors (Lipinski definition) is 1. The third-order valence-corrected chi connectivity index (χ3v) is 3.35. The number of carbonyl (C=O) groups excluding carboxylic acids is 1. The van der Waals surface area contributed by atoms with Crippen molar-refractivity contribution in [3.63, 3.8) is 0 Å². The van der Waals surface area contributed by atoms with Crippen LogP contribution in [0.4, 0.5) is 0 Å². The van der Waals surface area contributed by atoms with Crippen LogP contribution in [-0.2, 0) is 4.79 Å². The van der Waals surface area contributed by atoms with Crippen molar-refractivity contribution in [3.8, 4) is 5.75 Å². The second-order valence-electron chi connectivity index (χ2n) is 5.30. The number of nitrogens with zero attached hydrogens (tertiary/aromatic N) is 1. The van der Waals surface area contributed by atoms with Crippen molar-refractivity contribution < 1.29 is 9.53 Å². The Bertz CT molecular complexity index is 667. The second-order valence-corrected chi connectivity index (χ2v) is 5.73. The molecule has 4 nitrogen and oxygen atoms in total. The first kappa shape index (κ1) is 17.0. The zero-order valence-corrected chi connectivity index (χ0v) is 13.9. The summed E-state index contributed by atoms with van der Waals surface area (Å²) in [6.45, 7) is 3.95. The molecular formula is C18H19ClN2O2. The topological polar surface area (TPSA) is 50.7 Å². The molecule has 120 valence electrons. The van der Waals surface area contributed by atoms with E-state index in [0.717, 1.165) is 11.3 Å². The van der Waals surface area contributed by atoms with E-state index in [1.165, 1.54) is 0 Å². The lowest BCUT2D eigenvalue weighted by Gasteiger charge is -2.11. The van der Waals surface area contributed by atoms with Gasteiger partial charge in [0.25, 0.3) is 5.91 Å². The van der Waals surface area contributed by atoms with Gasteiger partial charge in [-0.2, -0.15) is 5.10 Å². The predicted molar refractivity (Wildman–Crippen MR) is 92.9 cm³/mol. The summed E-state index contributed by atoms with van der Waals surface area (Å²) in [5.74, 6) is 0.463. The van der Waals surface area contributed by atoms with Crippen LogP contribution in [0, 0.1) is 5.92 Å². The van der Waals surface area contributed by atoms with E-state index in [4.69, 9.17) is 16.3 Å². The highest BCUT2D eigenvalue weighted by atomic mass is 35.5. The van der Waals surface area contributed by atoms with Gasteiger partial charge in [0.15, 0.2) is 6.61 Å². The molecule has 23 heavy (non-hydrogen) atoms. The molecule has 0 aromatic heterocycles. The Morgan fingerprint density at radius 1 is 1.13 bits per heavy atom. The highest BCUT2D eigenvalue weighted by molar-refractivity contribution is 6.30. The Labute approximate surface area is 141 Å². The van der Waals surface area contributed by atoms with Gasteiger partial charge in [-0.1, -0.05) is 55.8 Å². The van der Waals surface area contributed by atoms with Gasteiger partial charge in [0.2, 0.25) is 0 Å². The molecule has 0 atom stereocenters. The minimum absolute atomic E-state index is 0.106. The molecule has 0 spiro atoms. The van der Waals surface area contributed by atoms with Crippen molar-refractivity contribution in [1.82, 2.24) is 5.43 Å². The van der Waals surface area contributed by atoms with Crippen LogP contribution in [0.5, 0.6) is 5.75 Å². The number of hydrogen-bond acceptors (Lipinski definition) is 3. The smallest absolute Gasteiger partial charge is 0.277 e. The predicted octanol–water partition coefficient (Wildman–Crippen LogP) is 3.90. The Kier molecular flexibility index (Phi) is 6.18. The van der Waals surface area contributed by atoms with Crippen molar-refractivity contribution >= 4 is 23.2 Å². The molecule has 0 saturated carbocycles. The Balaban J connectivity index is 1.94. The number of rotatable bonds is 6. The number of hydrazone groups is 1. The fraction of sp³-hybridized carbons (Fsp3) is 0.222. The van der Waals surface area contributed by atoms with E-state index in [0.29, 0.717) is 10.8 Å². The normalized spacial score (nSPS) is 11.4. The molecule has 0 aliphatic heterocycles. The van der Waals surface area contributed by atoms with Gasteiger partial charge in [-0.25, -0.2) is 5.43 Å². The minimum atomic E-state index is -0.311. The largest absolute Gasteiger partial charge is 0.484 e. The third-order valence-electron chi connectivity index (χ3n) is 3.10. The van der Waals surface area contributed by atoms with Gasteiger partial charge in [0.1, 0.15) is 5.75 Å². The van der Waals surface area contributed by atoms with E-state index in [1.807, 2.05) is 44.2 Å². The van der Waals surface area contributed by atoms with Crippen LogP contribution in [-0.4, -0.2) is 18.2 Å². The molecule has 0 aliphatic rings. The number of benzene rings is 2. The zero-order chi connectivity index (χ0) is 16.7. The van der Waals surface area contributed by atoms with Crippen LogP contribution in [0.3, 0.4) is 0 Å². The quantitative estimate of drug-likeness (QED) is 0.645. The molecule has 0 unspecified atom stereocenters. The van der Waals surface area contributed by atoms with Gasteiger partial charge in [0, 0.05) is 5.02 Å². The summed E-state index contributed by atoms with van der Waals surface area (Å²) in [5.41, 5.74) is 4.35. The van der Waals surface area contributed by atoms with Crippen molar-refractivity contribution in [2.75, 3.05) is 6.61 Å².